The monoisotopic (exact) mass is 444 g/mol. The number of esters is 2. The number of hydrogen-bond donors (Lipinski definition) is 2. The Morgan fingerprint density at radius 3 is 2.41 bits per heavy atom. The Kier molecular flexibility index (Phi) is 3.37. The van der Waals surface area contributed by atoms with Gasteiger partial charge in [-0.05, 0) is 57.8 Å². The van der Waals surface area contributed by atoms with Crippen molar-refractivity contribution in [3.63, 3.8) is 0 Å². The summed E-state index contributed by atoms with van der Waals surface area (Å²) in [7, 11) is 0. The van der Waals surface area contributed by atoms with Gasteiger partial charge in [-0.2, -0.15) is 0 Å². The number of carbonyl (C=O) groups excluding carboxylic acids is 3. The summed E-state index contributed by atoms with van der Waals surface area (Å²) in [6.07, 6.45) is 4.22. The largest absolute Gasteiger partial charge is 0.465 e. The fourth-order valence-electron chi connectivity index (χ4n) is 10.3. The third kappa shape index (κ3) is 1.64. The minimum absolute atomic E-state index is 0.0122. The number of ether oxygens (including phenoxy) is 2. The van der Waals surface area contributed by atoms with Gasteiger partial charge in [0.2, 0.25) is 0 Å². The van der Waals surface area contributed by atoms with Gasteiger partial charge in [0, 0.05) is 16.9 Å². The Morgan fingerprint density at radius 2 is 1.75 bits per heavy atom. The lowest BCUT2D eigenvalue weighted by Crippen LogP contribution is -2.77. The molecule has 0 aromatic rings. The molecule has 0 amide bonds. The first kappa shape index (κ1) is 20.8. The molecular weight excluding hydrogens is 412 g/mol. The molecule has 4 bridgehead atoms. The molecule has 7 nitrogen and oxygen atoms in total. The first-order valence-corrected chi connectivity index (χ1v) is 11.7. The fourth-order valence-corrected chi connectivity index (χ4v) is 10.3. The van der Waals surface area contributed by atoms with Crippen molar-refractivity contribution in [1.82, 2.24) is 0 Å². The van der Waals surface area contributed by atoms with E-state index in [2.05, 4.69) is 0 Å². The van der Waals surface area contributed by atoms with E-state index >= 15 is 0 Å². The van der Waals surface area contributed by atoms with Crippen LogP contribution in [0.25, 0.3) is 0 Å². The van der Waals surface area contributed by atoms with Crippen LogP contribution in [0, 0.1) is 38.9 Å². The molecule has 32 heavy (non-hydrogen) atoms. The zero-order valence-electron chi connectivity index (χ0n) is 19.4. The average Bonchev–Trinajstić information content (AvgIpc) is 3.13. The lowest BCUT2D eigenvalue weighted by Gasteiger charge is -2.71. The van der Waals surface area contributed by atoms with Gasteiger partial charge in [0.1, 0.15) is 11.4 Å². The fraction of sp³-hybridized carbons (Fsp3) is 0.800. The highest BCUT2D eigenvalue weighted by Gasteiger charge is 2.91. The molecule has 5 saturated carbocycles. The normalized spacial score (nSPS) is 59.1. The van der Waals surface area contributed by atoms with Crippen LogP contribution in [0.5, 0.6) is 0 Å². The molecule has 6 fully saturated rings. The van der Waals surface area contributed by atoms with Crippen molar-refractivity contribution in [2.75, 3.05) is 6.61 Å². The molecule has 5 aliphatic carbocycles. The molecule has 2 aliphatic heterocycles. The Bertz CT molecular complexity index is 1030. The van der Waals surface area contributed by atoms with Crippen LogP contribution >= 0.6 is 0 Å². The van der Waals surface area contributed by atoms with Gasteiger partial charge >= 0.3 is 11.9 Å². The maximum atomic E-state index is 13.9. The van der Waals surface area contributed by atoms with E-state index in [1.165, 1.54) is 6.08 Å². The van der Waals surface area contributed by atoms with Gasteiger partial charge in [-0.1, -0.05) is 19.9 Å². The summed E-state index contributed by atoms with van der Waals surface area (Å²) in [5.41, 5.74) is -6.36. The Balaban J connectivity index is 1.61. The van der Waals surface area contributed by atoms with Crippen LogP contribution in [-0.4, -0.2) is 51.8 Å². The molecule has 1 unspecified atom stereocenters. The maximum absolute atomic E-state index is 13.9. The maximum Gasteiger partial charge on any atom is 0.331 e. The molecule has 0 aromatic heterocycles. The van der Waals surface area contributed by atoms with E-state index in [0.29, 0.717) is 25.7 Å². The summed E-state index contributed by atoms with van der Waals surface area (Å²) >= 11 is 0. The smallest absolute Gasteiger partial charge is 0.331 e. The molecule has 1 saturated heterocycles. The molecule has 174 valence electrons. The summed E-state index contributed by atoms with van der Waals surface area (Å²) in [5, 5.41) is 23.7. The highest BCUT2D eigenvalue weighted by atomic mass is 16.6. The zero-order valence-corrected chi connectivity index (χ0v) is 19.4. The second-order valence-corrected chi connectivity index (χ2v) is 12.6. The average molecular weight is 445 g/mol. The van der Waals surface area contributed by atoms with Crippen LogP contribution in [0.4, 0.5) is 0 Å². The van der Waals surface area contributed by atoms with Crippen LogP contribution in [0.3, 0.4) is 0 Å². The van der Waals surface area contributed by atoms with Gasteiger partial charge in [0.25, 0.3) is 0 Å². The topological polar surface area (TPSA) is 110 Å². The van der Waals surface area contributed by atoms with E-state index in [-0.39, 0.29) is 18.3 Å². The number of Topliss-reactive ketones (excluding diaryl/α,β-unsaturated/α-hetero) is 1. The van der Waals surface area contributed by atoms with Crippen molar-refractivity contribution in [2.24, 2.45) is 38.9 Å². The Hall–Kier alpha value is -1.73. The van der Waals surface area contributed by atoms with Crippen molar-refractivity contribution < 1.29 is 34.1 Å². The predicted molar refractivity (Wildman–Crippen MR) is 111 cm³/mol. The molecule has 7 rings (SSSR count). The number of aliphatic hydroxyl groups is 2. The summed E-state index contributed by atoms with van der Waals surface area (Å²) < 4.78 is 11.4. The third-order valence-corrected chi connectivity index (χ3v) is 11.5. The van der Waals surface area contributed by atoms with Crippen molar-refractivity contribution in [2.45, 2.75) is 77.6 Å². The molecule has 3 spiro atoms. The summed E-state index contributed by atoms with van der Waals surface area (Å²) in [6.45, 7) is 9.33. The molecule has 0 aromatic carbocycles. The Morgan fingerprint density at radius 1 is 1.06 bits per heavy atom. The standard InChI is InChI=1S/C25H32O7/c1-19(2)24(7-6-14(26)32-19)9-8-23-11-20(3)16(27)15-17(28)31-12-25(15,23)21(4,18(20)29)10-13(23)22(24,5)30/h6-7,13,15-16,27,30H,8-12H2,1-5H3/t13-,15+,16+,20-,21-,22+,23-,24?,25+/m0/s1. The van der Waals surface area contributed by atoms with Gasteiger partial charge in [0.05, 0.1) is 35.1 Å². The van der Waals surface area contributed by atoms with Crippen LogP contribution in [0.2, 0.25) is 0 Å². The minimum atomic E-state index is -1.30. The molecule has 7 heteroatoms. The predicted octanol–water partition coefficient (Wildman–Crippen LogP) is 1.93. The highest BCUT2D eigenvalue weighted by molar-refractivity contribution is 5.98. The lowest BCUT2D eigenvalue weighted by molar-refractivity contribution is -0.281. The van der Waals surface area contributed by atoms with Gasteiger partial charge in [-0.3, -0.25) is 9.59 Å². The van der Waals surface area contributed by atoms with Crippen molar-refractivity contribution in [3.05, 3.63) is 12.2 Å². The van der Waals surface area contributed by atoms with E-state index < -0.39 is 62.2 Å². The zero-order chi connectivity index (χ0) is 23.3. The SMILES string of the molecule is CC1(C)OC(=O)C=CC12CC[C@]13C[C@]4(C)C(=O)[C@](C)(C[C@H]1[C@@]2(C)O)[C@]31COC(=O)[C@H]1[C@H]4O. The molecule has 9 atom stereocenters. The number of ketones is 1. The quantitative estimate of drug-likeness (QED) is 0.550. The molecule has 2 N–H and O–H groups in total. The van der Waals surface area contributed by atoms with Gasteiger partial charge in [-0.25, -0.2) is 4.79 Å². The summed E-state index contributed by atoms with van der Waals surface area (Å²) in [5.74, 6) is -1.93. The first-order chi connectivity index (χ1) is 14.7. The van der Waals surface area contributed by atoms with E-state index in [4.69, 9.17) is 9.47 Å². The van der Waals surface area contributed by atoms with Crippen molar-refractivity contribution in [3.8, 4) is 0 Å². The van der Waals surface area contributed by atoms with Crippen molar-refractivity contribution in [1.29, 1.82) is 0 Å². The van der Waals surface area contributed by atoms with Crippen LogP contribution < -0.4 is 0 Å². The van der Waals surface area contributed by atoms with Crippen LogP contribution in [0.15, 0.2) is 12.2 Å². The van der Waals surface area contributed by atoms with Gasteiger partial charge in [-0.15, -0.1) is 0 Å². The lowest BCUT2D eigenvalue weighted by atomic mass is 9.31. The highest BCUT2D eigenvalue weighted by Crippen LogP contribution is 2.86. The Labute approximate surface area is 187 Å². The molecular formula is C25H32O7. The van der Waals surface area contributed by atoms with Crippen LogP contribution in [0.1, 0.15) is 60.3 Å². The first-order valence-electron chi connectivity index (χ1n) is 11.7. The summed E-state index contributed by atoms with van der Waals surface area (Å²) in [4.78, 5) is 39.0. The number of cyclic esters (lactones) is 2. The minimum Gasteiger partial charge on any atom is -0.465 e. The molecule has 0 radical (unpaired) electrons. The van der Waals surface area contributed by atoms with Crippen molar-refractivity contribution >= 4 is 17.7 Å². The number of aliphatic hydroxyl groups excluding tert-OH is 1. The second kappa shape index (κ2) is 5.17. The molecule has 7 aliphatic rings. The van der Waals surface area contributed by atoms with Gasteiger partial charge < -0.3 is 19.7 Å². The number of carbonyl (C=O) groups is 3. The summed E-state index contributed by atoms with van der Waals surface area (Å²) in [6, 6.07) is 0. The van der Waals surface area contributed by atoms with E-state index in [1.807, 2.05) is 33.8 Å². The third-order valence-electron chi connectivity index (χ3n) is 11.5. The second-order valence-electron chi connectivity index (χ2n) is 12.6. The van der Waals surface area contributed by atoms with Gasteiger partial charge in [0.15, 0.2) is 0 Å². The van der Waals surface area contributed by atoms with Crippen LogP contribution in [-0.2, 0) is 23.9 Å². The van der Waals surface area contributed by atoms with E-state index in [9.17, 15) is 24.6 Å². The number of rotatable bonds is 0. The number of hydrogen-bond acceptors (Lipinski definition) is 7. The van der Waals surface area contributed by atoms with E-state index in [1.54, 1.807) is 6.92 Å². The van der Waals surface area contributed by atoms with E-state index in [0.717, 1.165) is 0 Å². The molecule has 2 heterocycles.